The first-order valence-corrected chi connectivity index (χ1v) is 23.5. The van der Waals surface area contributed by atoms with Gasteiger partial charge in [-0.2, -0.15) is 0 Å². The van der Waals surface area contributed by atoms with Gasteiger partial charge in [0, 0.05) is 13.0 Å². The predicted octanol–water partition coefficient (Wildman–Crippen LogP) is 16.3. The third-order valence-electron chi connectivity index (χ3n) is 8.50. The molecule has 320 valence electrons. The quantitative estimate of drug-likeness (QED) is 0.0413. The van der Waals surface area contributed by atoms with Gasteiger partial charge in [-0.25, -0.2) is 0 Å². The standard InChI is InChI=1S/C29H57NO3.C11H24.4C2H6/c1-4-5-6-7-8-9-10-14-20-27-33-29(32)22-17-15-19-24-30(25-26-31)23-18-13-11-12-16-21-28(2)3;1-4-5-6-7-8-9-10-11(2)3;4*1-2/h31H,2,4-27H2,1,3H3;11H,4-10H2,1-3H3;4*1-2H3. The summed E-state index contributed by atoms with van der Waals surface area (Å²) in [5.41, 5.74) is 1.29. The van der Waals surface area contributed by atoms with Gasteiger partial charge < -0.3 is 14.7 Å². The highest BCUT2D eigenvalue weighted by atomic mass is 16.5. The number of carbonyl (C=O) groups excluding carboxylic acids is 1. The maximum Gasteiger partial charge on any atom is 0.305 e. The number of nitrogens with zero attached hydrogens (tertiary/aromatic N) is 1. The third kappa shape index (κ3) is 70.7. The van der Waals surface area contributed by atoms with Crippen molar-refractivity contribution in [3.8, 4) is 0 Å². The summed E-state index contributed by atoms with van der Waals surface area (Å²) in [6.45, 7) is 34.9. The fraction of sp³-hybridized carbons (Fsp3) is 0.938. The van der Waals surface area contributed by atoms with Crippen molar-refractivity contribution in [2.45, 2.75) is 257 Å². The van der Waals surface area contributed by atoms with E-state index in [1.54, 1.807) is 0 Å². The van der Waals surface area contributed by atoms with E-state index < -0.39 is 0 Å². The van der Waals surface area contributed by atoms with Gasteiger partial charge in [0.2, 0.25) is 0 Å². The van der Waals surface area contributed by atoms with E-state index in [1.165, 1.54) is 134 Å². The van der Waals surface area contributed by atoms with E-state index in [0.29, 0.717) is 13.0 Å². The highest BCUT2D eigenvalue weighted by Gasteiger charge is 2.06. The molecule has 4 nitrogen and oxygen atoms in total. The van der Waals surface area contributed by atoms with Crippen molar-refractivity contribution in [3.05, 3.63) is 12.2 Å². The van der Waals surface area contributed by atoms with Gasteiger partial charge in [-0.15, -0.1) is 6.58 Å². The Morgan fingerprint density at radius 3 is 1.33 bits per heavy atom. The molecular formula is C48H105NO3. The maximum atomic E-state index is 11.9. The number of rotatable bonds is 33. The zero-order valence-corrected chi connectivity index (χ0v) is 38.9. The number of esters is 1. The van der Waals surface area contributed by atoms with Crippen LogP contribution in [0.1, 0.15) is 257 Å². The van der Waals surface area contributed by atoms with Gasteiger partial charge in [-0.1, -0.05) is 211 Å². The van der Waals surface area contributed by atoms with Crippen LogP contribution in [-0.2, 0) is 9.53 Å². The summed E-state index contributed by atoms with van der Waals surface area (Å²) in [6.07, 6.45) is 32.7. The lowest BCUT2D eigenvalue weighted by molar-refractivity contribution is -0.143. The average molecular weight is 744 g/mol. The molecule has 0 aliphatic rings. The summed E-state index contributed by atoms with van der Waals surface area (Å²) in [7, 11) is 0. The molecule has 0 aromatic rings. The Hall–Kier alpha value is -0.870. The number of aliphatic hydroxyl groups excluding tert-OH is 1. The summed E-state index contributed by atoms with van der Waals surface area (Å²) < 4.78 is 5.39. The monoisotopic (exact) mass is 744 g/mol. The zero-order chi connectivity index (χ0) is 40.9. The van der Waals surface area contributed by atoms with Crippen molar-refractivity contribution in [2.75, 3.05) is 32.8 Å². The van der Waals surface area contributed by atoms with E-state index in [9.17, 15) is 9.90 Å². The summed E-state index contributed by atoms with van der Waals surface area (Å²) in [5, 5.41) is 9.32. The molecule has 4 heteroatoms. The Morgan fingerprint density at radius 1 is 0.538 bits per heavy atom. The number of hydrogen-bond donors (Lipinski definition) is 1. The van der Waals surface area contributed by atoms with Gasteiger partial charge in [-0.05, 0) is 64.5 Å². The molecule has 0 unspecified atom stereocenters. The van der Waals surface area contributed by atoms with Crippen LogP contribution >= 0.6 is 0 Å². The second-order valence-electron chi connectivity index (χ2n) is 13.8. The van der Waals surface area contributed by atoms with E-state index in [-0.39, 0.29) is 12.6 Å². The summed E-state index contributed by atoms with van der Waals surface area (Å²) in [5.74, 6) is 0.870. The molecule has 0 amide bonds. The normalized spacial score (nSPS) is 9.92. The lowest BCUT2D eigenvalue weighted by Gasteiger charge is -2.21. The van der Waals surface area contributed by atoms with Gasteiger partial charge in [0.25, 0.3) is 0 Å². The summed E-state index contributed by atoms with van der Waals surface area (Å²) in [6, 6.07) is 0. The minimum Gasteiger partial charge on any atom is -0.466 e. The smallest absolute Gasteiger partial charge is 0.305 e. The molecule has 0 rings (SSSR count). The minimum atomic E-state index is -0.0339. The molecule has 0 radical (unpaired) electrons. The molecule has 0 saturated heterocycles. The number of hydrogen-bond acceptors (Lipinski definition) is 4. The van der Waals surface area contributed by atoms with Crippen molar-refractivity contribution >= 4 is 5.97 Å². The molecule has 0 aromatic heterocycles. The summed E-state index contributed by atoms with van der Waals surface area (Å²) >= 11 is 0. The van der Waals surface area contributed by atoms with Crippen LogP contribution in [0.3, 0.4) is 0 Å². The number of ether oxygens (including phenoxy) is 1. The Balaban J connectivity index is -0.000000231. The lowest BCUT2D eigenvalue weighted by Crippen LogP contribution is -2.29. The average Bonchev–Trinajstić information content (AvgIpc) is 3.16. The van der Waals surface area contributed by atoms with Gasteiger partial charge in [-0.3, -0.25) is 4.79 Å². The predicted molar refractivity (Wildman–Crippen MR) is 241 cm³/mol. The number of carbonyl (C=O) groups is 1. The van der Waals surface area contributed by atoms with Gasteiger partial charge in [0.05, 0.1) is 13.2 Å². The molecule has 0 saturated carbocycles. The highest BCUT2D eigenvalue weighted by Crippen LogP contribution is 2.13. The van der Waals surface area contributed by atoms with Gasteiger partial charge in [0.1, 0.15) is 0 Å². The fourth-order valence-corrected chi connectivity index (χ4v) is 5.55. The third-order valence-corrected chi connectivity index (χ3v) is 8.50. The Kier molecular flexibility index (Phi) is 78.9. The molecule has 0 bridgehead atoms. The maximum absolute atomic E-state index is 11.9. The number of unbranched alkanes of at least 4 members (excludes halogenated alkanes) is 19. The number of allylic oxidation sites excluding steroid dienone is 1. The second kappa shape index (κ2) is 65.0. The van der Waals surface area contributed by atoms with E-state index >= 15 is 0 Å². The lowest BCUT2D eigenvalue weighted by atomic mass is 10.0. The first-order valence-electron chi connectivity index (χ1n) is 23.5. The van der Waals surface area contributed by atoms with Gasteiger partial charge >= 0.3 is 5.97 Å². The molecule has 0 aliphatic carbocycles. The first-order chi connectivity index (χ1) is 25.4. The van der Waals surface area contributed by atoms with Crippen molar-refractivity contribution < 1.29 is 14.6 Å². The second-order valence-corrected chi connectivity index (χ2v) is 13.8. The van der Waals surface area contributed by atoms with Crippen molar-refractivity contribution in [2.24, 2.45) is 5.92 Å². The van der Waals surface area contributed by atoms with Crippen LogP contribution in [0.15, 0.2) is 12.2 Å². The SMILES string of the molecule is C=C(C)CCCCCCCN(CCO)CCCCCC(=O)OCCCCCCCCCCC.CC.CC.CC.CC.CCCCCCCCC(C)C. The van der Waals surface area contributed by atoms with Crippen LogP contribution in [0.25, 0.3) is 0 Å². The number of aliphatic hydroxyl groups is 1. The van der Waals surface area contributed by atoms with E-state index in [2.05, 4.69) is 46.1 Å². The fourth-order valence-electron chi connectivity index (χ4n) is 5.55. The topological polar surface area (TPSA) is 49.8 Å². The molecule has 0 fully saturated rings. The van der Waals surface area contributed by atoms with Crippen LogP contribution in [0.5, 0.6) is 0 Å². The molecular weight excluding hydrogens is 639 g/mol. The van der Waals surface area contributed by atoms with Crippen molar-refractivity contribution in [3.63, 3.8) is 0 Å². The summed E-state index contributed by atoms with van der Waals surface area (Å²) in [4.78, 5) is 14.3. The molecule has 0 aromatic carbocycles. The minimum absolute atomic E-state index is 0.0339. The molecule has 0 heterocycles. The largest absolute Gasteiger partial charge is 0.466 e. The molecule has 1 N–H and O–H groups in total. The van der Waals surface area contributed by atoms with Crippen LogP contribution in [-0.4, -0.2) is 48.8 Å². The van der Waals surface area contributed by atoms with E-state index in [0.717, 1.165) is 57.7 Å². The van der Waals surface area contributed by atoms with E-state index in [1.807, 2.05) is 55.4 Å². The molecule has 0 spiro atoms. The van der Waals surface area contributed by atoms with E-state index in [4.69, 9.17) is 4.74 Å². The van der Waals surface area contributed by atoms with Crippen LogP contribution < -0.4 is 0 Å². The molecule has 0 atom stereocenters. The van der Waals surface area contributed by atoms with Crippen LogP contribution in [0.4, 0.5) is 0 Å². The Bertz CT molecular complexity index is 578. The Labute approximate surface area is 332 Å². The van der Waals surface area contributed by atoms with Crippen molar-refractivity contribution in [1.29, 1.82) is 0 Å². The first kappa shape index (κ1) is 63.1. The molecule has 52 heavy (non-hydrogen) atoms. The van der Waals surface area contributed by atoms with Crippen LogP contribution in [0, 0.1) is 5.92 Å². The van der Waals surface area contributed by atoms with Crippen LogP contribution in [0.2, 0.25) is 0 Å². The zero-order valence-electron chi connectivity index (χ0n) is 38.9. The molecule has 0 aliphatic heterocycles. The van der Waals surface area contributed by atoms with Crippen molar-refractivity contribution in [1.82, 2.24) is 4.90 Å². The van der Waals surface area contributed by atoms with Gasteiger partial charge in [0.15, 0.2) is 0 Å². The Morgan fingerprint density at radius 2 is 0.904 bits per heavy atom. The highest BCUT2D eigenvalue weighted by molar-refractivity contribution is 5.69.